The highest BCUT2D eigenvalue weighted by Gasteiger charge is 2.09. The van der Waals surface area contributed by atoms with Crippen molar-refractivity contribution >= 4 is 17.4 Å². The fourth-order valence-electron chi connectivity index (χ4n) is 1.63. The second-order valence-electron chi connectivity index (χ2n) is 4.23. The highest BCUT2D eigenvalue weighted by atomic mass is 32.2. The van der Waals surface area contributed by atoms with Crippen LogP contribution in [-0.4, -0.2) is 15.2 Å². The zero-order valence-electron chi connectivity index (χ0n) is 10.9. The molecular weight excluding hydrogens is 291 g/mol. The van der Waals surface area contributed by atoms with E-state index in [4.69, 9.17) is 10.2 Å². The topological polar surface area (TPSA) is 77.8 Å². The lowest BCUT2D eigenvalue weighted by atomic mass is 10.2. The summed E-state index contributed by atoms with van der Waals surface area (Å²) in [6, 6.07) is 9.52. The number of hydrogen-bond donors (Lipinski definition) is 1. The van der Waals surface area contributed by atoms with Crippen LogP contribution in [-0.2, 0) is 5.75 Å². The Morgan fingerprint density at radius 2 is 1.90 bits per heavy atom. The van der Waals surface area contributed by atoms with Gasteiger partial charge in [0.25, 0.3) is 0 Å². The molecule has 2 heterocycles. The maximum Gasteiger partial charge on any atom is 0.247 e. The number of aromatic nitrogens is 3. The molecule has 21 heavy (non-hydrogen) atoms. The van der Waals surface area contributed by atoms with E-state index in [0.717, 1.165) is 5.03 Å². The molecule has 7 heteroatoms. The summed E-state index contributed by atoms with van der Waals surface area (Å²) in [6.07, 6.45) is 1.60. The van der Waals surface area contributed by atoms with Crippen LogP contribution in [0.2, 0.25) is 0 Å². The van der Waals surface area contributed by atoms with E-state index in [2.05, 4.69) is 15.2 Å². The summed E-state index contributed by atoms with van der Waals surface area (Å²) in [5, 5.41) is 8.74. The standard InChI is InChI=1S/C14H11FN4OS/c15-10-3-1-9(2-4-10)14-19-18-12(20-14)8-21-13-6-5-11(16)7-17-13/h1-7H,8,16H2. The van der Waals surface area contributed by atoms with Gasteiger partial charge in [0.1, 0.15) is 5.82 Å². The van der Waals surface area contributed by atoms with Gasteiger partial charge in [0, 0.05) is 5.56 Å². The average molecular weight is 302 g/mol. The van der Waals surface area contributed by atoms with E-state index >= 15 is 0 Å². The Labute approximate surface area is 124 Å². The molecule has 1 aromatic carbocycles. The molecule has 0 aliphatic carbocycles. The Morgan fingerprint density at radius 3 is 2.62 bits per heavy atom. The minimum atomic E-state index is -0.302. The van der Waals surface area contributed by atoms with E-state index in [-0.39, 0.29) is 5.82 Å². The average Bonchev–Trinajstić information content (AvgIpc) is 2.96. The van der Waals surface area contributed by atoms with Crippen molar-refractivity contribution in [1.82, 2.24) is 15.2 Å². The van der Waals surface area contributed by atoms with Gasteiger partial charge in [0.15, 0.2) is 0 Å². The molecule has 0 amide bonds. The third-order valence-corrected chi connectivity index (χ3v) is 3.59. The molecule has 0 aliphatic rings. The van der Waals surface area contributed by atoms with E-state index in [0.29, 0.717) is 28.8 Å². The van der Waals surface area contributed by atoms with Crippen LogP contribution in [0, 0.1) is 5.82 Å². The highest BCUT2D eigenvalue weighted by Crippen LogP contribution is 2.23. The Bertz CT molecular complexity index is 727. The lowest BCUT2D eigenvalue weighted by Gasteiger charge is -1.98. The van der Waals surface area contributed by atoms with Crippen LogP contribution in [0.1, 0.15) is 5.89 Å². The fraction of sp³-hybridized carbons (Fsp3) is 0.0714. The minimum absolute atomic E-state index is 0.302. The quantitative estimate of drug-likeness (QED) is 0.746. The molecular formula is C14H11FN4OS. The number of nitrogens with zero attached hydrogens (tertiary/aromatic N) is 3. The summed E-state index contributed by atoms with van der Waals surface area (Å²) in [6.45, 7) is 0. The van der Waals surface area contributed by atoms with E-state index in [1.54, 1.807) is 24.4 Å². The van der Waals surface area contributed by atoms with Crippen LogP contribution in [0.5, 0.6) is 0 Å². The first kappa shape index (κ1) is 13.6. The van der Waals surface area contributed by atoms with Crippen molar-refractivity contribution in [2.45, 2.75) is 10.8 Å². The zero-order valence-corrected chi connectivity index (χ0v) is 11.7. The summed E-state index contributed by atoms with van der Waals surface area (Å²) < 4.78 is 18.4. The van der Waals surface area contributed by atoms with E-state index in [1.165, 1.54) is 23.9 Å². The lowest BCUT2D eigenvalue weighted by Crippen LogP contribution is -1.87. The SMILES string of the molecule is Nc1ccc(SCc2nnc(-c3ccc(F)cc3)o2)nc1. The minimum Gasteiger partial charge on any atom is -0.420 e. The predicted octanol–water partition coefficient (Wildman–Crippen LogP) is 3.15. The molecule has 106 valence electrons. The number of rotatable bonds is 4. The van der Waals surface area contributed by atoms with Gasteiger partial charge < -0.3 is 10.2 Å². The van der Waals surface area contributed by atoms with Gasteiger partial charge in [0.05, 0.1) is 22.7 Å². The zero-order chi connectivity index (χ0) is 14.7. The molecule has 2 N–H and O–H groups in total. The molecule has 2 aromatic heterocycles. The van der Waals surface area contributed by atoms with Crippen molar-refractivity contribution in [3.8, 4) is 11.5 Å². The summed E-state index contributed by atoms with van der Waals surface area (Å²) in [7, 11) is 0. The van der Waals surface area contributed by atoms with Crippen LogP contribution in [0.3, 0.4) is 0 Å². The Balaban J connectivity index is 1.67. The number of anilines is 1. The molecule has 3 rings (SSSR count). The number of thioether (sulfide) groups is 1. The van der Waals surface area contributed by atoms with Gasteiger partial charge in [-0.05, 0) is 36.4 Å². The number of benzene rings is 1. The second kappa shape index (κ2) is 5.92. The van der Waals surface area contributed by atoms with E-state index in [1.807, 2.05) is 6.07 Å². The summed E-state index contributed by atoms with van der Waals surface area (Å²) >= 11 is 1.47. The predicted molar refractivity (Wildman–Crippen MR) is 77.9 cm³/mol. The Hall–Kier alpha value is -2.41. The monoisotopic (exact) mass is 302 g/mol. The molecule has 0 unspecified atom stereocenters. The summed E-state index contributed by atoms with van der Waals surface area (Å²) in [5.41, 5.74) is 6.88. The number of nitrogens with two attached hydrogens (primary N) is 1. The van der Waals surface area contributed by atoms with Crippen molar-refractivity contribution in [3.05, 3.63) is 54.3 Å². The fourth-order valence-corrected chi connectivity index (χ4v) is 2.31. The molecule has 0 aliphatic heterocycles. The molecule has 0 saturated heterocycles. The first-order valence-corrected chi connectivity index (χ1v) is 7.12. The van der Waals surface area contributed by atoms with Gasteiger partial charge in [-0.1, -0.05) is 11.8 Å². The van der Waals surface area contributed by atoms with Crippen molar-refractivity contribution < 1.29 is 8.81 Å². The largest absolute Gasteiger partial charge is 0.420 e. The van der Waals surface area contributed by atoms with Crippen molar-refractivity contribution in [1.29, 1.82) is 0 Å². The van der Waals surface area contributed by atoms with Crippen LogP contribution in [0.25, 0.3) is 11.5 Å². The van der Waals surface area contributed by atoms with Crippen LogP contribution in [0.15, 0.2) is 52.0 Å². The first-order valence-electron chi connectivity index (χ1n) is 6.13. The maximum atomic E-state index is 12.9. The molecule has 0 bridgehead atoms. The maximum absolute atomic E-state index is 12.9. The van der Waals surface area contributed by atoms with Crippen LogP contribution < -0.4 is 5.73 Å². The molecule has 3 aromatic rings. The molecule has 0 spiro atoms. The van der Waals surface area contributed by atoms with Crippen molar-refractivity contribution in [2.75, 3.05) is 5.73 Å². The van der Waals surface area contributed by atoms with Gasteiger partial charge in [-0.25, -0.2) is 9.37 Å². The third-order valence-electron chi connectivity index (χ3n) is 2.66. The van der Waals surface area contributed by atoms with Gasteiger partial charge in [-0.3, -0.25) is 0 Å². The van der Waals surface area contributed by atoms with Crippen molar-refractivity contribution in [3.63, 3.8) is 0 Å². The van der Waals surface area contributed by atoms with Gasteiger partial charge in [-0.15, -0.1) is 10.2 Å². The number of nitrogen functional groups attached to an aromatic ring is 1. The van der Waals surface area contributed by atoms with E-state index in [9.17, 15) is 4.39 Å². The second-order valence-corrected chi connectivity index (χ2v) is 5.22. The molecule has 0 fully saturated rings. The van der Waals surface area contributed by atoms with Gasteiger partial charge in [0.2, 0.25) is 11.8 Å². The summed E-state index contributed by atoms with van der Waals surface area (Å²) in [5.74, 6) is 1.06. The van der Waals surface area contributed by atoms with E-state index < -0.39 is 0 Å². The lowest BCUT2D eigenvalue weighted by molar-refractivity contribution is 0.528. The van der Waals surface area contributed by atoms with Crippen LogP contribution >= 0.6 is 11.8 Å². The highest BCUT2D eigenvalue weighted by molar-refractivity contribution is 7.98. The molecule has 0 atom stereocenters. The molecule has 5 nitrogen and oxygen atoms in total. The first-order chi connectivity index (χ1) is 10.2. The van der Waals surface area contributed by atoms with Crippen molar-refractivity contribution in [2.24, 2.45) is 0 Å². The van der Waals surface area contributed by atoms with Gasteiger partial charge in [-0.2, -0.15) is 0 Å². The van der Waals surface area contributed by atoms with Gasteiger partial charge >= 0.3 is 0 Å². The smallest absolute Gasteiger partial charge is 0.247 e. The number of pyridine rings is 1. The molecule has 0 saturated carbocycles. The van der Waals surface area contributed by atoms with Crippen LogP contribution in [0.4, 0.5) is 10.1 Å². The Morgan fingerprint density at radius 1 is 1.10 bits per heavy atom. The molecule has 0 radical (unpaired) electrons. The third kappa shape index (κ3) is 3.38. The Kier molecular flexibility index (Phi) is 3.83. The number of hydrogen-bond acceptors (Lipinski definition) is 6. The number of halogens is 1. The normalized spacial score (nSPS) is 10.7. The summed E-state index contributed by atoms with van der Waals surface area (Å²) in [4.78, 5) is 4.17.